The van der Waals surface area contributed by atoms with E-state index in [-0.39, 0.29) is 0 Å². The third kappa shape index (κ3) is 3.70. The number of benzene rings is 1. The van der Waals surface area contributed by atoms with E-state index in [2.05, 4.69) is 46.3 Å². The van der Waals surface area contributed by atoms with Crippen molar-refractivity contribution in [1.29, 1.82) is 0 Å². The molecule has 0 spiro atoms. The lowest BCUT2D eigenvalue weighted by Crippen LogP contribution is -2.00. The molecule has 1 aromatic carbocycles. The van der Waals surface area contributed by atoms with Gasteiger partial charge in [0.2, 0.25) is 0 Å². The van der Waals surface area contributed by atoms with E-state index in [1.807, 2.05) is 0 Å². The van der Waals surface area contributed by atoms with E-state index in [1.165, 1.54) is 5.56 Å². The molecule has 2 heteroatoms. The molecule has 0 aliphatic carbocycles. The summed E-state index contributed by atoms with van der Waals surface area (Å²) in [7, 11) is 0. The van der Waals surface area contributed by atoms with Gasteiger partial charge in [0.05, 0.1) is 0 Å². The van der Waals surface area contributed by atoms with Crippen molar-refractivity contribution < 1.29 is 0 Å². The second-order valence-corrected chi connectivity index (χ2v) is 4.23. The van der Waals surface area contributed by atoms with Crippen LogP contribution in [0.15, 0.2) is 30.3 Å². The van der Waals surface area contributed by atoms with Gasteiger partial charge in [-0.25, -0.2) is 0 Å². The van der Waals surface area contributed by atoms with Crippen molar-refractivity contribution in [1.82, 2.24) is 0 Å². The standard InChI is InChI=1S/C11H14BrCl/c12-8-6-11(7-9-13)10-4-2-1-3-5-10/h1-5,11H,6-9H2. The Bertz CT molecular complexity index is 217. The number of hydrogen-bond acceptors (Lipinski definition) is 0. The fourth-order valence-corrected chi connectivity index (χ4v) is 2.28. The number of rotatable bonds is 5. The molecule has 0 aliphatic heterocycles. The molecule has 0 radical (unpaired) electrons. The maximum Gasteiger partial charge on any atom is 0.0229 e. The zero-order valence-electron chi connectivity index (χ0n) is 7.55. The largest absolute Gasteiger partial charge is 0.127 e. The van der Waals surface area contributed by atoms with Gasteiger partial charge in [0, 0.05) is 11.2 Å². The molecule has 0 fully saturated rings. The molecule has 0 saturated heterocycles. The summed E-state index contributed by atoms with van der Waals surface area (Å²) >= 11 is 9.24. The molecule has 0 heterocycles. The summed E-state index contributed by atoms with van der Waals surface area (Å²) < 4.78 is 0. The molecule has 0 N–H and O–H groups in total. The van der Waals surface area contributed by atoms with Crippen molar-refractivity contribution in [3.63, 3.8) is 0 Å². The van der Waals surface area contributed by atoms with Crippen molar-refractivity contribution in [2.24, 2.45) is 0 Å². The smallest absolute Gasteiger partial charge is 0.0229 e. The Kier molecular flexibility index (Phi) is 5.49. The molecule has 0 bridgehead atoms. The van der Waals surface area contributed by atoms with Crippen molar-refractivity contribution >= 4 is 27.5 Å². The fourth-order valence-electron chi connectivity index (χ4n) is 1.47. The van der Waals surface area contributed by atoms with E-state index < -0.39 is 0 Å². The van der Waals surface area contributed by atoms with Crippen LogP contribution in [-0.4, -0.2) is 11.2 Å². The summed E-state index contributed by atoms with van der Waals surface area (Å²) in [6.07, 6.45) is 2.23. The van der Waals surface area contributed by atoms with Gasteiger partial charge in [0.1, 0.15) is 0 Å². The van der Waals surface area contributed by atoms with Gasteiger partial charge in [-0.15, -0.1) is 11.6 Å². The quantitative estimate of drug-likeness (QED) is 0.698. The van der Waals surface area contributed by atoms with E-state index in [0.29, 0.717) is 5.92 Å². The molecule has 0 nitrogen and oxygen atoms in total. The first kappa shape index (κ1) is 11.1. The van der Waals surface area contributed by atoms with E-state index in [9.17, 15) is 0 Å². The average molecular weight is 262 g/mol. The van der Waals surface area contributed by atoms with Crippen LogP contribution >= 0.6 is 27.5 Å². The molecule has 0 aliphatic rings. The van der Waals surface area contributed by atoms with Crippen LogP contribution in [0.3, 0.4) is 0 Å². The number of alkyl halides is 2. The van der Waals surface area contributed by atoms with Gasteiger partial charge >= 0.3 is 0 Å². The number of halogens is 2. The number of hydrogen-bond donors (Lipinski definition) is 0. The Labute approximate surface area is 93.4 Å². The third-order valence-electron chi connectivity index (χ3n) is 2.19. The summed E-state index contributed by atoms with van der Waals surface area (Å²) in [6.45, 7) is 0. The van der Waals surface area contributed by atoms with Crippen molar-refractivity contribution in [3.05, 3.63) is 35.9 Å². The lowest BCUT2D eigenvalue weighted by atomic mass is 9.94. The van der Waals surface area contributed by atoms with Crippen molar-refractivity contribution in [2.45, 2.75) is 18.8 Å². The molecular formula is C11H14BrCl. The maximum atomic E-state index is 5.77. The molecule has 72 valence electrons. The minimum atomic E-state index is 0.609. The Morgan fingerprint density at radius 3 is 2.38 bits per heavy atom. The van der Waals surface area contributed by atoms with E-state index >= 15 is 0 Å². The molecule has 13 heavy (non-hydrogen) atoms. The van der Waals surface area contributed by atoms with Crippen molar-refractivity contribution in [2.75, 3.05) is 11.2 Å². The van der Waals surface area contributed by atoms with Gasteiger partial charge in [-0.05, 0) is 24.3 Å². The summed E-state index contributed by atoms with van der Waals surface area (Å²) in [5, 5.41) is 1.05. The fraction of sp³-hybridized carbons (Fsp3) is 0.455. The van der Waals surface area contributed by atoms with Crippen LogP contribution in [0.25, 0.3) is 0 Å². The van der Waals surface area contributed by atoms with Gasteiger partial charge in [-0.2, -0.15) is 0 Å². The topological polar surface area (TPSA) is 0 Å². The second kappa shape index (κ2) is 6.44. The first-order chi connectivity index (χ1) is 6.38. The summed E-state index contributed by atoms with van der Waals surface area (Å²) in [5.74, 6) is 1.35. The lowest BCUT2D eigenvalue weighted by Gasteiger charge is -2.14. The zero-order chi connectivity index (χ0) is 9.52. The zero-order valence-corrected chi connectivity index (χ0v) is 9.89. The monoisotopic (exact) mass is 260 g/mol. The van der Waals surface area contributed by atoms with Crippen LogP contribution in [0.1, 0.15) is 24.3 Å². The first-order valence-electron chi connectivity index (χ1n) is 4.55. The summed E-state index contributed by atoms with van der Waals surface area (Å²) in [6, 6.07) is 10.6. The highest BCUT2D eigenvalue weighted by atomic mass is 79.9. The minimum Gasteiger partial charge on any atom is -0.127 e. The van der Waals surface area contributed by atoms with Crippen LogP contribution < -0.4 is 0 Å². The van der Waals surface area contributed by atoms with Crippen molar-refractivity contribution in [3.8, 4) is 0 Å². The molecule has 1 aromatic rings. The molecule has 1 unspecified atom stereocenters. The van der Waals surface area contributed by atoms with Crippen LogP contribution in [0.5, 0.6) is 0 Å². The van der Waals surface area contributed by atoms with Gasteiger partial charge in [-0.1, -0.05) is 46.3 Å². The highest BCUT2D eigenvalue weighted by molar-refractivity contribution is 9.09. The van der Waals surface area contributed by atoms with Crippen LogP contribution in [0, 0.1) is 0 Å². The molecule has 1 atom stereocenters. The predicted molar refractivity (Wildman–Crippen MR) is 62.9 cm³/mol. The van der Waals surface area contributed by atoms with E-state index in [4.69, 9.17) is 11.6 Å². The molecule has 1 rings (SSSR count). The maximum absolute atomic E-state index is 5.77. The Morgan fingerprint density at radius 1 is 1.15 bits per heavy atom. The van der Waals surface area contributed by atoms with Crippen LogP contribution in [0.2, 0.25) is 0 Å². The van der Waals surface area contributed by atoms with Crippen LogP contribution in [-0.2, 0) is 0 Å². The minimum absolute atomic E-state index is 0.609. The summed E-state index contributed by atoms with van der Waals surface area (Å²) in [4.78, 5) is 0. The average Bonchev–Trinajstić information content (AvgIpc) is 2.19. The highest BCUT2D eigenvalue weighted by Crippen LogP contribution is 2.24. The molecule has 0 saturated carbocycles. The van der Waals surface area contributed by atoms with Gasteiger partial charge < -0.3 is 0 Å². The normalized spacial score (nSPS) is 12.8. The molecule has 0 aromatic heterocycles. The summed E-state index contributed by atoms with van der Waals surface area (Å²) in [5.41, 5.74) is 1.41. The lowest BCUT2D eigenvalue weighted by molar-refractivity contribution is 0.653. The second-order valence-electron chi connectivity index (χ2n) is 3.06. The van der Waals surface area contributed by atoms with E-state index in [1.54, 1.807) is 0 Å². The predicted octanol–water partition coefficient (Wildman–Crippen LogP) is 4.18. The Balaban J connectivity index is 2.64. The van der Waals surface area contributed by atoms with Gasteiger partial charge in [-0.3, -0.25) is 0 Å². The highest BCUT2D eigenvalue weighted by Gasteiger charge is 2.08. The van der Waals surface area contributed by atoms with E-state index in [0.717, 1.165) is 24.1 Å². The first-order valence-corrected chi connectivity index (χ1v) is 6.21. The third-order valence-corrected chi connectivity index (χ3v) is 2.86. The SMILES string of the molecule is ClCCC(CCBr)c1ccccc1. The molecule has 0 amide bonds. The van der Waals surface area contributed by atoms with Gasteiger partial charge in [0.15, 0.2) is 0 Å². The Morgan fingerprint density at radius 2 is 1.85 bits per heavy atom. The molecular weight excluding hydrogens is 247 g/mol. The Hall–Kier alpha value is -0.0100. The van der Waals surface area contributed by atoms with Gasteiger partial charge in [0.25, 0.3) is 0 Å². The van der Waals surface area contributed by atoms with Crippen LogP contribution in [0.4, 0.5) is 0 Å².